The minimum atomic E-state index is -3.51. The lowest BCUT2D eigenvalue weighted by atomic mass is 9.97. The van der Waals surface area contributed by atoms with Crippen molar-refractivity contribution in [2.45, 2.75) is 31.3 Å². The van der Waals surface area contributed by atoms with Crippen LogP contribution >= 0.6 is 0 Å². The molecule has 2 unspecified atom stereocenters. The van der Waals surface area contributed by atoms with Gasteiger partial charge in [-0.25, -0.2) is 8.42 Å². The van der Waals surface area contributed by atoms with Crippen LogP contribution in [0.3, 0.4) is 0 Å². The van der Waals surface area contributed by atoms with E-state index in [0.29, 0.717) is 35.2 Å². The zero-order valence-corrected chi connectivity index (χ0v) is 13.0. The molecule has 20 heavy (non-hydrogen) atoms. The van der Waals surface area contributed by atoms with Gasteiger partial charge in [-0.05, 0) is 37.0 Å². The molecule has 112 valence electrons. The quantitative estimate of drug-likeness (QED) is 0.861. The molecule has 1 fully saturated rings. The van der Waals surface area contributed by atoms with Gasteiger partial charge in [0.15, 0.2) is 0 Å². The van der Waals surface area contributed by atoms with Gasteiger partial charge >= 0.3 is 0 Å². The lowest BCUT2D eigenvalue weighted by Crippen LogP contribution is -2.46. The zero-order chi connectivity index (χ0) is 14.9. The number of methoxy groups -OCH3 is 1. The van der Waals surface area contributed by atoms with Crippen molar-refractivity contribution in [2.75, 3.05) is 25.9 Å². The Labute approximate surface area is 120 Å². The van der Waals surface area contributed by atoms with Crippen molar-refractivity contribution in [3.63, 3.8) is 0 Å². The first-order chi connectivity index (χ1) is 9.36. The summed E-state index contributed by atoms with van der Waals surface area (Å²) < 4.78 is 32.4. The number of anilines is 1. The number of piperidine rings is 1. The molecule has 1 heterocycles. The number of aryl methyl sites for hydroxylation is 1. The van der Waals surface area contributed by atoms with Gasteiger partial charge in [0.1, 0.15) is 0 Å². The molecular weight excluding hydrogens is 276 g/mol. The molecule has 2 N–H and O–H groups in total. The van der Waals surface area contributed by atoms with Gasteiger partial charge in [0.25, 0.3) is 0 Å². The second-order valence-electron chi connectivity index (χ2n) is 5.43. The van der Waals surface area contributed by atoms with E-state index in [2.05, 4.69) is 6.92 Å². The molecule has 1 aliphatic rings. The van der Waals surface area contributed by atoms with Crippen LogP contribution in [-0.2, 0) is 14.8 Å². The Kier molecular flexibility index (Phi) is 4.36. The van der Waals surface area contributed by atoms with Crippen LogP contribution < -0.4 is 5.73 Å². The third-order valence-electron chi connectivity index (χ3n) is 3.98. The first-order valence-corrected chi connectivity index (χ1v) is 8.19. The molecule has 0 aromatic heterocycles. The summed E-state index contributed by atoms with van der Waals surface area (Å²) in [5, 5.41) is 0. The SMILES string of the molecule is COC1CN(S(=O)(=O)c2cc(N)ccc2C)CCC1C. The van der Waals surface area contributed by atoms with E-state index in [-0.39, 0.29) is 6.10 Å². The Morgan fingerprint density at radius 1 is 1.40 bits per heavy atom. The summed E-state index contributed by atoms with van der Waals surface area (Å²) >= 11 is 0. The Morgan fingerprint density at radius 2 is 2.10 bits per heavy atom. The third-order valence-corrected chi connectivity index (χ3v) is 5.99. The largest absolute Gasteiger partial charge is 0.399 e. The minimum absolute atomic E-state index is 0.0557. The van der Waals surface area contributed by atoms with Crippen molar-refractivity contribution >= 4 is 15.7 Å². The highest BCUT2D eigenvalue weighted by molar-refractivity contribution is 7.89. The Hall–Kier alpha value is -1.11. The van der Waals surface area contributed by atoms with E-state index >= 15 is 0 Å². The number of hydrogen-bond donors (Lipinski definition) is 1. The van der Waals surface area contributed by atoms with Crippen LogP contribution in [0.1, 0.15) is 18.9 Å². The molecule has 1 aliphatic heterocycles. The van der Waals surface area contributed by atoms with Crippen LogP contribution in [-0.4, -0.2) is 39.0 Å². The van der Waals surface area contributed by atoms with Gasteiger partial charge in [0.05, 0.1) is 11.0 Å². The van der Waals surface area contributed by atoms with Crippen LogP contribution in [0, 0.1) is 12.8 Å². The average molecular weight is 298 g/mol. The van der Waals surface area contributed by atoms with Crippen molar-refractivity contribution in [1.82, 2.24) is 4.31 Å². The van der Waals surface area contributed by atoms with Gasteiger partial charge in [0.2, 0.25) is 10.0 Å². The van der Waals surface area contributed by atoms with E-state index in [4.69, 9.17) is 10.5 Å². The van der Waals surface area contributed by atoms with Gasteiger partial charge in [-0.1, -0.05) is 13.0 Å². The molecule has 0 radical (unpaired) electrons. The predicted molar refractivity (Wildman–Crippen MR) is 78.9 cm³/mol. The lowest BCUT2D eigenvalue weighted by molar-refractivity contribution is 0.0183. The smallest absolute Gasteiger partial charge is 0.243 e. The molecule has 0 saturated carbocycles. The number of nitrogen functional groups attached to an aromatic ring is 1. The zero-order valence-electron chi connectivity index (χ0n) is 12.2. The lowest BCUT2D eigenvalue weighted by Gasteiger charge is -2.35. The van der Waals surface area contributed by atoms with Gasteiger partial charge in [-0.15, -0.1) is 0 Å². The first kappa shape index (κ1) is 15.3. The normalized spacial score (nSPS) is 24.8. The minimum Gasteiger partial charge on any atom is -0.399 e. The molecular formula is C14H22N2O3S. The molecule has 1 saturated heterocycles. The second kappa shape index (κ2) is 5.71. The fourth-order valence-electron chi connectivity index (χ4n) is 2.56. The van der Waals surface area contributed by atoms with E-state index < -0.39 is 10.0 Å². The molecule has 1 aromatic carbocycles. The topological polar surface area (TPSA) is 72.6 Å². The highest BCUT2D eigenvalue weighted by atomic mass is 32.2. The van der Waals surface area contributed by atoms with Gasteiger partial charge < -0.3 is 10.5 Å². The summed E-state index contributed by atoms with van der Waals surface area (Å²) in [6.45, 7) is 4.79. The highest BCUT2D eigenvalue weighted by Gasteiger charge is 2.34. The summed E-state index contributed by atoms with van der Waals surface area (Å²) in [4.78, 5) is 0.293. The number of nitrogens with zero attached hydrogens (tertiary/aromatic N) is 1. The molecule has 6 heteroatoms. The molecule has 2 rings (SSSR count). The standard InChI is InChI=1S/C14H22N2O3S/c1-10-6-7-16(9-13(10)19-3)20(17,18)14-8-12(15)5-4-11(14)2/h4-5,8,10,13H,6-7,9,15H2,1-3H3. The highest BCUT2D eigenvalue weighted by Crippen LogP contribution is 2.27. The van der Waals surface area contributed by atoms with Gasteiger partial charge in [-0.2, -0.15) is 4.31 Å². The Balaban J connectivity index is 2.33. The fourth-order valence-corrected chi connectivity index (χ4v) is 4.29. The number of rotatable bonds is 3. The van der Waals surface area contributed by atoms with E-state index in [0.717, 1.165) is 6.42 Å². The second-order valence-corrected chi connectivity index (χ2v) is 7.33. The van der Waals surface area contributed by atoms with Crippen LogP contribution in [0.5, 0.6) is 0 Å². The van der Waals surface area contributed by atoms with Crippen molar-refractivity contribution in [2.24, 2.45) is 5.92 Å². The fraction of sp³-hybridized carbons (Fsp3) is 0.571. The third kappa shape index (κ3) is 2.82. The summed E-state index contributed by atoms with van der Waals surface area (Å²) in [6.07, 6.45) is 0.749. The maximum absolute atomic E-state index is 12.7. The summed E-state index contributed by atoms with van der Waals surface area (Å²) in [6, 6.07) is 4.98. The van der Waals surface area contributed by atoms with Crippen LogP contribution in [0.25, 0.3) is 0 Å². The number of nitrogens with two attached hydrogens (primary N) is 1. The van der Waals surface area contributed by atoms with E-state index in [9.17, 15) is 8.42 Å². The van der Waals surface area contributed by atoms with E-state index in [1.807, 2.05) is 0 Å². The maximum Gasteiger partial charge on any atom is 0.243 e. The summed E-state index contributed by atoms with van der Waals surface area (Å²) in [5.74, 6) is 0.369. The average Bonchev–Trinajstić information content (AvgIpc) is 2.41. The van der Waals surface area contributed by atoms with Crippen molar-refractivity contribution < 1.29 is 13.2 Å². The molecule has 5 nitrogen and oxygen atoms in total. The van der Waals surface area contributed by atoms with Crippen molar-refractivity contribution in [3.05, 3.63) is 23.8 Å². The van der Waals surface area contributed by atoms with Gasteiger partial charge in [0, 0.05) is 25.9 Å². The monoisotopic (exact) mass is 298 g/mol. The Bertz CT molecular complexity index is 586. The summed E-state index contributed by atoms with van der Waals surface area (Å²) in [5.41, 5.74) is 6.90. The molecule has 0 spiro atoms. The van der Waals surface area contributed by atoms with Gasteiger partial charge in [-0.3, -0.25) is 0 Å². The van der Waals surface area contributed by atoms with Crippen molar-refractivity contribution in [3.8, 4) is 0 Å². The molecule has 0 bridgehead atoms. The molecule has 2 atom stereocenters. The van der Waals surface area contributed by atoms with Crippen LogP contribution in [0.15, 0.2) is 23.1 Å². The molecule has 0 amide bonds. The molecule has 0 aliphatic carbocycles. The Morgan fingerprint density at radius 3 is 2.75 bits per heavy atom. The predicted octanol–water partition coefficient (Wildman–Crippen LogP) is 1.62. The number of ether oxygens (including phenoxy) is 1. The van der Waals surface area contributed by atoms with Crippen LogP contribution in [0.2, 0.25) is 0 Å². The number of sulfonamides is 1. The number of benzene rings is 1. The van der Waals surface area contributed by atoms with E-state index in [1.54, 1.807) is 26.2 Å². The summed E-state index contributed by atoms with van der Waals surface area (Å²) in [7, 11) is -1.88. The van der Waals surface area contributed by atoms with Crippen molar-refractivity contribution in [1.29, 1.82) is 0 Å². The van der Waals surface area contributed by atoms with Crippen LogP contribution in [0.4, 0.5) is 5.69 Å². The maximum atomic E-state index is 12.7. The molecule has 1 aromatic rings. The first-order valence-electron chi connectivity index (χ1n) is 6.75. The number of hydrogen-bond acceptors (Lipinski definition) is 4. The van der Waals surface area contributed by atoms with E-state index in [1.165, 1.54) is 10.4 Å².